The predicted molar refractivity (Wildman–Crippen MR) is 59.4 cm³/mol. The van der Waals surface area contributed by atoms with Crippen molar-refractivity contribution in [2.45, 2.75) is 54.8 Å². The van der Waals surface area contributed by atoms with Crippen LogP contribution in [-0.2, 0) is 0 Å². The molecule has 1 saturated heterocycles. The van der Waals surface area contributed by atoms with Gasteiger partial charge in [0.05, 0.1) is 0 Å². The summed E-state index contributed by atoms with van der Waals surface area (Å²) in [6, 6.07) is 0. The number of rotatable bonds is 2. The molecule has 86 valence electrons. The molecular formula is C12H25IN-. The van der Waals surface area contributed by atoms with E-state index >= 15 is 0 Å². The third-order valence-electron chi connectivity index (χ3n) is 2.90. The SMILES string of the molecule is CC(C)[I-]C1(C)CCC(C)(C)CNC1. The summed E-state index contributed by atoms with van der Waals surface area (Å²) < 4.78 is 1.57. The summed E-state index contributed by atoms with van der Waals surface area (Å²) in [5.74, 6) is 0. The average molecular weight is 310 g/mol. The first-order chi connectivity index (χ1) is 6.33. The molecule has 0 bridgehead atoms. The zero-order valence-corrected chi connectivity index (χ0v) is 12.4. The van der Waals surface area contributed by atoms with Gasteiger partial charge in [-0.2, -0.15) is 0 Å². The van der Waals surface area contributed by atoms with E-state index in [2.05, 4.69) is 39.9 Å². The predicted octanol–water partition coefficient (Wildman–Crippen LogP) is -0.348. The van der Waals surface area contributed by atoms with Gasteiger partial charge < -0.3 is 0 Å². The fraction of sp³-hybridized carbons (Fsp3) is 1.00. The van der Waals surface area contributed by atoms with Gasteiger partial charge in [-0.1, -0.05) is 0 Å². The molecule has 0 radical (unpaired) electrons. The molecule has 14 heavy (non-hydrogen) atoms. The molecule has 0 aromatic carbocycles. The Morgan fingerprint density at radius 3 is 2.29 bits per heavy atom. The monoisotopic (exact) mass is 310 g/mol. The zero-order chi connectivity index (χ0) is 10.8. The molecule has 1 atom stereocenters. The third-order valence-corrected chi connectivity index (χ3v) is 6.57. The zero-order valence-electron chi connectivity index (χ0n) is 10.3. The van der Waals surface area contributed by atoms with Crippen molar-refractivity contribution in [3.63, 3.8) is 0 Å². The van der Waals surface area contributed by atoms with Gasteiger partial charge in [0, 0.05) is 0 Å². The first kappa shape index (κ1) is 12.8. The Morgan fingerprint density at radius 1 is 1.07 bits per heavy atom. The standard InChI is InChI=1S/C12H25IN/c1-10(2)13-12(5)7-6-11(3,4)8-14-9-12/h10,14H,6-9H2,1-5H3/q-1. The Balaban J connectivity index is 2.55. The van der Waals surface area contributed by atoms with E-state index in [0.29, 0.717) is 30.0 Å². The van der Waals surface area contributed by atoms with E-state index in [1.807, 2.05) is 0 Å². The molecule has 0 aromatic rings. The molecule has 0 spiro atoms. The maximum atomic E-state index is 3.66. The fourth-order valence-electron chi connectivity index (χ4n) is 2.06. The summed E-state index contributed by atoms with van der Waals surface area (Å²) in [6.07, 6.45) is 2.82. The third kappa shape index (κ3) is 4.05. The van der Waals surface area contributed by atoms with Crippen molar-refractivity contribution < 1.29 is 21.2 Å². The van der Waals surface area contributed by atoms with E-state index in [1.54, 1.807) is 0 Å². The van der Waals surface area contributed by atoms with E-state index in [-0.39, 0.29) is 0 Å². The molecule has 1 unspecified atom stereocenters. The molecule has 0 aliphatic carbocycles. The molecule has 2 heteroatoms. The van der Waals surface area contributed by atoms with Crippen LogP contribution in [0.25, 0.3) is 0 Å². The molecule has 1 rings (SSSR count). The van der Waals surface area contributed by atoms with Crippen molar-refractivity contribution in [3.05, 3.63) is 0 Å². The van der Waals surface area contributed by atoms with Gasteiger partial charge in [0.1, 0.15) is 0 Å². The second-order valence-corrected chi connectivity index (χ2v) is 11.5. The van der Waals surface area contributed by atoms with Crippen LogP contribution in [0.3, 0.4) is 0 Å². The topological polar surface area (TPSA) is 12.0 Å². The van der Waals surface area contributed by atoms with Crippen LogP contribution in [0.15, 0.2) is 0 Å². The van der Waals surface area contributed by atoms with Gasteiger partial charge >= 0.3 is 99.8 Å². The molecule has 1 fully saturated rings. The van der Waals surface area contributed by atoms with Gasteiger partial charge in [0.25, 0.3) is 0 Å². The summed E-state index contributed by atoms with van der Waals surface area (Å²) in [7, 11) is 0. The number of nitrogens with one attached hydrogen (secondary N) is 1. The molecule has 1 nitrogen and oxygen atoms in total. The Labute approximate surface area is 99.7 Å². The Kier molecular flexibility index (Phi) is 4.27. The second-order valence-electron chi connectivity index (χ2n) is 5.80. The first-order valence-electron chi connectivity index (χ1n) is 5.68. The number of hydrogen-bond acceptors (Lipinski definition) is 1. The normalized spacial score (nSPS) is 33.3. The minimum atomic E-state index is 0.338. The van der Waals surface area contributed by atoms with Crippen LogP contribution in [0, 0.1) is 5.41 Å². The van der Waals surface area contributed by atoms with Gasteiger partial charge in [0.15, 0.2) is 0 Å². The van der Waals surface area contributed by atoms with E-state index in [9.17, 15) is 0 Å². The van der Waals surface area contributed by atoms with Crippen molar-refractivity contribution in [2.75, 3.05) is 13.1 Å². The van der Waals surface area contributed by atoms with Crippen molar-refractivity contribution in [3.8, 4) is 0 Å². The van der Waals surface area contributed by atoms with Crippen LogP contribution >= 0.6 is 0 Å². The van der Waals surface area contributed by atoms with Gasteiger partial charge in [-0.25, -0.2) is 0 Å². The molecule has 0 amide bonds. The first-order valence-corrected chi connectivity index (χ1v) is 8.01. The van der Waals surface area contributed by atoms with Crippen molar-refractivity contribution in [1.29, 1.82) is 0 Å². The van der Waals surface area contributed by atoms with Gasteiger partial charge in [-0.05, 0) is 0 Å². The Bertz CT molecular complexity index is 189. The van der Waals surface area contributed by atoms with Crippen LogP contribution in [-0.4, -0.2) is 20.4 Å². The van der Waals surface area contributed by atoms with E-state index < -0.39 is 0 Å². The van der Waals surface area contributed by atoms with E-state index in [0.717, 1.165) is 3.92 Å². The summed E-state index contributed by atoms with van der Waals surface area (Å²) in [6.45, 7) is 14.5. The van der Waals surface area contributed by atoms with Gasteiger partial charge in [0.2, 0.25) is 0 Å². The number of alkyl halides is 2. The van der Waals surface area contributed by atoms with Crippen molar-refractivity contribution >= 4 is 0 Å². The minimum absolute atomic E-state index is 0.338. The average Bonchev–Trinajstić information content (AvgIpc) is 2.10. The Morgan fingerprint density at radius 2 is 1.71 bits per heavy atom. The fourth-order valence-corrected chi connectivity index (χ4v) is 6.14. The quantitative estimate of drug-likeness (QED) is 0.543. The second kappa shape index (κ2) is 4.69. The van der Waals surface area contributed by atoms with Gasteiger partial charge in [-0.15, -0.1) is 0 Å². The molecule has 1 N–H and O–H groups in total. The molecule has 1 aliphatic heterocycles. The van der Waals surface area contributed by atoms with Crippen LogP contribution in [0.5, 0.6) is 0 Å². The summed E-state index contributed by atoms with van der Waals surface area (Å²) >= 11 is 0.338. The molecule has 1 aliphatic rings. The molecular weight excluding hydrogens is 285 g/mol. The van der Waals surface area contributed by atoms with E-state index in [1.165, 1.54) is 25.9 Å². The van der Waals surface area contributed by atoms with Crippen LogP contribution < -0.4 is 26.5 Å². The van der Waals surface area contributed by atoms with Gasteiger partial charge in [-0.3, -0.25) is 0 Å². The number of hydrogen-bond donors (Lipinski definition) is 1. The maximum absolute atomic E-state index is 3.66. The van der Waals surface area contributed by atoms with Crippen LogP contribution in [0.4, 0.5) is 0 Å². The summed E-state index contributed by atoms with van der Waals surface area (Å²) in [5.41, 5.74) is 0.512. The summed E-state index contributed by atoms with van der Waals surface area (Å²) in [5, 5.41) is 3.66. The van der Waals surface area contributed by atoms with E-state index in [4.69, 9.17) is 0 Å². The van der Waals surface area contributed by atoms with Crippen LogP contribution in [0.2, 0.25) is 0 Å². The molecule has 1 heterocycles. The van der Waals surface area contributed by atoms with Crippen molar-refractivity contribution in [2.24, 2.45) is 5.41 Å². The van der Waals surface area contributed by atoms with Crippen molar-refractivity contribution in [1.82, 2.24) is 5.32 Å². The molecule has 0 saturated carbocycles. The molecule has 0 aromatic heterocycles. The van der Waals surface area contributed by atoms with Crippen LogP contribution in [0.1, 0.15) is 47.5 Å². The Hall–Kier alpha value is 0.690. The number of halogens is 1. The summed E-state index contributed by atoms with van der Waals surface area (Å²) in [4.78, 5) is 0.